The molecule has 7 nitrogen and oxygen atoms in total. The molecule has 0 radical (unpaired) electrons. The van der Waals surface area contributed by atoms with Gasteiger partial charge in [0.25, 0.3) is 11.8 Å². The summed E-state index contributed by atoms with van der Waals surface area (Å²) < 4.78 is 9.69. The number of anilines is 1. The molecular weight excluding hydrogens is 328 g/mol. The van der Waals surface area contributed by atoms with Gasteiger partial charge in [-0.1, -0.05) is 35.1 Å². The number of hydrogen-bond donors (Lipinski definition) is 1. The number of carbonyl (C=O) groups excluding carboxylic acids is 1. The summed E-state index contributed by atoms with van der Waals surface area (Å²) in [6.45, 7) is 0. The predicted molar refractivity (Wildman–Crippen MR) is 81.4 cm³/mol. The Morgan fingerprint density at radius 3 is 2.77 bits per heavy atom. The van der Waals surface area contributed by atoms with Crippen molar-refractivity contribution in [3.8, 4) is 16.5 Å². The zero-order valence-electron chi connectivity index (χ0n) is 11.2. The summed E-state index contributed by atoms with van der Waals surface area (Å²) in [7, 11) is 1.43. The Kier molecular flexibility index (Phi) is 4.03. The van der Waals surface area contributed by atoms with Crippen LogP contribution in [0.5, 0.6) is 5.88 Å². The Balaban J connectivity index is 1.73. The average molecular weight is 337 g/mol. The van der Waals surface area contributed by atoms with Gasteiger partial charge in [0.15, 0.2) is 0 Å². The van der Waals surface area contributed by atoms with E-state index in [9.17, 15) is 4.79 Å². The van der Waals surface area contributed by atoms with Crippen LogP contribution < -0.4 is 10.1 Å². The molecular formula is C13H9ClN4O3S. The van der Waals surface area contributed by atoms with Crippen molar-refractivity contribution in [2.75, 3.05) is 12.4 Å². The van der Waals surface area contributed by atoms with Crippen LogP contribution in [-0.2, 0) is 0 Å². The quantitative estimate of drug-likeness (QED) is 0.787. The van der Waals surface area contributed by atoms with Crippen molar-refractivity contribution in [1.29, 1.82) is 0 Å². The summed E-state index contributed by atoms with van der Waals surface area (Å²) in [5.74, 6) is -0.223. The molecule has 22 heavy (non-hydrogen) atoms. The SMILES string of the molecule is COc1cc(C(=O)Nc2nnc(-c3ccc(Cl)cc3)s2)on1. The largest absolute Gasteiger partial charge is 0.479 e. The molecule has 1 aromatic carbocycles. The molecule has 0 aliphatic rings. The summed E-state index contributed by atoms with van der Waals surface area (Å²) in [5, 5.41) is 15.7. The Morgan fingerprint density at radius 1 is 1.32 bits per heavy atom. The van der Waals surface area contributed by atoms with Crippen LogP contribution in [0, 0.1) is 0 Å². The lowest BCUT2D eigenvalue weighted by atomic mass is 10.2. The van der Waals surface area contributed by atoms with Crippen molar-refractivity contribution in [3.05, 3.63) is 41.1 Å². The minimum absolute atomic E-state index is 0.0279. The number of carbonyl (C=O) groups is 1. The molecule has 0 atom stereocenters. The van der Waals surface area contributed by atoms with E-state index in [1.54, 1.807) is 12.1 Å². The number of nitrogens with one attached hydrogen (secondary N) is 1. The van der Waals surface area contributed by atoms with Gasteiger partial charge in [-0.3, -0.25) is 10.1 Å². The highest BCUT2D eigenvalue weighted by atomic mass is 35.5. The first-order chi connectivity index (χ1) is 10.7. The van der Waals surface area contributed by atoms with Crippen molar-refractivity contribution in [2.24, 2.45) is 0 Å². The lowest BCUT2D eigenvalue weighted by Gasteiger charge is -1.95. The molecule has 0 saturated carbocycles. The van der Waals surface area contributed by atoms with Crippen LogP contribution in [0.2, 0.25) is 5.02 Å². The molecule has 0 saturated heterocycles. The minimum Gasteiger partial charge on any atom is -0.479 e. The van der Waals surface area contributed by atoms with Crippen molar-refractivity contribution in [2.45, 2.75) is 0 Å². The van der Waals surface area contributed by atoms with Crippen molar-refractivity contribution >= 4 is 34.0 Å². The molecule has 0 unspecified atom stereocenters. The van der Waals surface area contributed by atoms with E-state index < -0.39 is 5.91 Å². The van der Waals surface area contributed by atoms with Crippen molar-refractivity contribution in [1.82, 2.24) is 15.4 Å². The van der Waals surface area contributed by atoms with Gasteiger partial charge >= 0.3 is 0 Å². The van der Waals surface area contributed by atoms with E-state index in [0.29, 0.717) is 15.2 Å². The number of benzene rings is 1. The van der Waals surface area contributed by atoms with Crippen LogP contribution in [0.1, 0.15) is 10.6 Å². The number of nitrogens with zero attached hydrogens (tertiary/aromatic N) is 3. The first-order valence-electron chi connectivity index (χ1n) is 6.07. The number of halogens is 1. The molecule has 1 N–H and O–H groups in total. The summed E-state index contributed by atoms with van der Waals surface area (Å²) in [4.78, 5) is 12.0. The molecule has 1 amide bonds. The summed E-state index contributed by atoms with van der Waals surface area (Å²) in [6, 6.07) is 8.57. The van der Waals surface area contributed by atoms with E-state index in [1.165, 1.54) is 24.5 Å². The number of hydrogen-bond acceptors (Lipinski definition) is 7. The second kappa shape index (κ2) is 6.12. The van der Waals surface area contributed by atoms with E-state index in [1.807, 2.05) is 12.1 Å². The molecule has 0 aliphatic carbocycles. The third-order valence-corrected chi connectivity index (χ3v) is 3.80. The van der Waals surface area contributed by atoms with E-state index in [2.05, 4.69) is 20.7 Å². The van der Waals surface area contributed by atoms with Crippen LogP contribution in [0.15, 0.2) is 34.9 Å². The summed E-state index contributed by atoms with van der Waals surface area (Å²) >= 11 is 7.08. The third kappa shape index (κ3) is 3.07. The smallest absolute Gasteiger partial charge is 0.296 e. The Labute approximate surface area is 133 Å². The molecule has 3 rings (SSSR count). The van der Waals surface area contributed by atoms with Gasteiger partial charge in [-0.05, 0) is 17.3 Å². The summed E-state index contributed by atoms with van der Waals surface area (Å²) in [5.41, 5.74) is 0.865. The van der Waals surface area contributed by atoms with Crippen molar-refractivity contribution in [3.63, 3.8) is 0 Å². The van der Waals surface area contributed by atoms with Gasteiger partial charge in [-0.25, -0.2) is 0 Å². The van der Waals surface area contributed by atoms with Gasteiger partial charge in [0.1, 0.15) is 5.01 Å². The molecule has 0 bridgehead atoms. The number of methoxy groups -OCH3 is 1. The van der Waals surface area contributed by atoms with Gasteiger partial charge in [0.2, 0.25) is 10.9 Å². The highest BCUT2D eigenvalue weighted by molar-refractivity contribution is 7.18. The predicted octanol–water partition coefficient (Wildman–Crippen LogP) is 3.11. The Morgan fingerprint density at radius 2 is 2.09 bits per heavy atom. The second-order valence-corrected chi connectivity index (χ2v) is 5.52. The monoisotopic (exact) mass is 336 g/mol. The van der Waals surface area contributed by atoms with Gasteiger partial charge in [-0.2, -0.15) is 0 Å². The van der Waals surface area contributed by atoms with E-state index in [0.717, 1.165) is 5.56 Å². The van der Waals surface area contributed by atoms with Crippen molar-refractivity contribution < 1.29 is 14.1 Å². The zero-order chi connectivity index (χ0) is 15.5. The highest BCUT2D eigenvalue weighted by Gasteiger charge is 2.16. The Bertz CT molecular complexity index is 800. The van der Waals surface area contributed by atoms with Crippen LogP contribution in [0.25, 0.3) is 10.6 Å². The first-order valence-corrected chi connectivity index (χ1v) is 7.26. The number of amides is 1. The molecule has 2 heterocycles. The van der Waals surface area contributed by atoms with Gasteiger partial charge in [-0.15, -0.1) is 10.2 Å². The maximum absolute atomic E-state index is 12.0. The zero-order valence-corrected chi connectivity index (χ0v) is 12.8. The van der Waals surface area contributed by atoms with E-state index in [-0.39, 0.29) is 11.6 Å². The van der Waals surface area contributed by atoms with E-state index >= 15 is 0 Å². The molecule has 0 fully saturated rings. The maximum Gasteiger partial charge on any atom is 0.296 e. The van der Waals surface area contributed by atoms with Gasteiger partial charge in [0.05, 0.1) is 13.2 Å². The lowest BCUT2D eigenvalue weighted by molar-refractivity contribution is 0.0987. The van der Waals surface area contributed by atoms with Gasteiger partial charge < -0.3 is 9.26 Å². The molecule has 0 aliphatic heterocycles. The summed E-state index contributed by atoms with van der Waals surface area (Å²) in [6.07, 6.45) is 0. The topological polar surface area (TPSA) is 90.1 Å². The fourth-order valence-corrected chi connectivity index (χ4v) is 2.47. The molecule has 9 heteroatoms. The molecule has 112 valence electrons. The first kappa shape index (κ1) is 14.5. The maximum atomic E-state index is 12.0. The fraction of sp³-hybridized carbons (Fsp3) is 0.0769. The number of rotatable bonds is 4. The Hall–Kier alpha value is -2.45. The van der Waals surface area contributed by atoms with Crippen LogP contribution in [-0.4, -0.2) is 28.4 Å². The second-order valence-electron chi connectivity index (χ2n) is 4.11. The standard InChI is InChI=1S/C13H9ClN4O3S/c1-20-10-6-9(21-18-10)11(19)15-13-17-16-12(22-13)7-2-4-8(14)5-3-7/h2-6H,1H3,(H,15,17,19). The normalized spacial score (nSPS) is 10.5. The molecule has 3 aromatic rings. The van der Waals surface area contributed by atoms with Gasteiger partial charge in [0, 0.05) is 10.6 Å². The number of ether oxygens (including phenoxy) is 1. The highest BCUT2D eigenvalue weighted by Crippen LogP contribution is 2.27. The molecule has 0 spiro atoms. The minimum atomic E-state index is -0.477. The van der Waals surface area contributed by atoms with Crippen LogP contribution in [0.4, 0.5) is 5.13 Å². The third-order valence-electron chi connectivity index (χ3n) is 2.66. The lowest BCUT2D eigenvalue weighted by Crippen LogP contribution is -2.10. The number of aromatic nitrogens is 3. The fourth-order valence-electron chi connectivity index (χ4n) is 1.60. The van der Waals surface area contributed by atoms with E-state index in [4.69, 9.17) is 20.9 Å². The van der Waals surface area contributed by atoms with Crippen LogP contribution >= 0.6 is 22.9 Å². The van der Waals surface area contributed by atoms with Crippen LogP contribution in [0.3, 0.4) is 0 Å². The average Bonchev–Trinajstić information content (AvgIpc) is 3.17. The molecule has 2 aromatic heterocycles.